The van der Waals surface area contributed by atoms with Gasteiger partial charge in [0.05, 0.1) is 0 Å². The second-order valence-corrected chi connectivity index (χ2v) is 7.47. The van der Waals surface area contributed by atoms with Gasteiger partial charge in [0.25, 0.3) is 0 Å². The van der Waals surface area contributed by atoms with Gasteiger partial charge in [-0.05, 0) is 37.6 Å². The highest BCUT2D eigenvalue weighted by Crippen LogP contribution is 2.29. The van der Waals surface area contributed by atoms with Gasteiger partial charge >= 0.3 is 0 Å². The van der Waals surface area contributed by atoms with Crippen LogP contribution in [0.2, 0.25) is 0 Å². The smallest absolute Gasteiger partial charge is 0.0247 e. The highest BCUT2D eigenvalue weighted by atomic mass is 15.3. The molecule has 0 bridgehead atoms. The van der Waals surface area contributed by atoms with E-state index in [-0.39, 0.29) is 0 Å². The van der Waals surface area contributed by atoms with E-state index in [0.717, 1.165) is 23.9 Å². The van der Waals surface area contributed by atoms with Crippen LogP contribution in [0.3, 0.4) is 0 Å². The lowest BCUT2D eigenvalue weighted by Gasteiger charge is -2.46. The fraction of sp³-hybridized carbons (Fsp3) is 1.00. The molecule has 2 aliphatic heterocycles. The molecule has 0 aliphatic carbocycles. The number of fused-ring (bicyclic) bond motifs is 1. The molecule has 2 saturated heterocycles. The summed E-state index contributed by atoms with van der Waals surface area (Å²) >= 11 is 0. The van der Waals surface area contributed by atoms with Gasteiger partial charge in [-0.15, -0.1) is 0 Å². The Morgan fingerprint density at radius 3 is 2.60 bits per heavy atom. The molecule has 3 atom stereocenters. The van der Waals surface area contributed by atoms with Crippen molar-refractivity contribution in [3.8, 4) is 0 Å². The Hall–Kier alpha value is -0.0800. The first kappa shape index (κ1) is 16.3. The summed E-state index contributed by atoms with van der Waals surface area (Å²) < 4.78 is 0. The van der Waals surface area contributed by atoms with Crippen LogP contribution in [-0.4, -0.2) is 48.1 Å². The van der Waals surface area contributed by atoms with Gasteiger partial charge in [0.1, 0.15) is 0 Å². The molecule has 0 radical (unpaired) electrons. The van der Waals surface area contributed by atoms with Crippen molar-refractivity contribution in [1.82, 2.24) is 9.80 Å². The number of nitrogens with zero attached hydrogens (tertiary/aromatic N) is 2. The second kappa shape index (κ2) is 7.79. The zero-order chi connectivity index (χ0) is 14.5. The molecule has 20 heavy (non-hydrogen) atoms. The minimum atomic E-state index is 0.792. The molecule has 0 amide bonds. The number of hydrogen-bond donors (Lipinski definition) is 0. The lowest BCUT2D eigenvalue weighted by atomic mass is 9.93. The molecule has 2 rings (SSSR count). The molecule has 0 aromatic heterocycles. The Balaban J connectivity index is 1.95. The van der Waals surface area contributed by atoms with E-state index < -0.39 is 0 Å². The normalized spacial score (nSPS) is 29.9. The Morgan fingerprint density at radius 2 is 1.95 bits per heavy atom. The van der Waals surface area contributed by atoms with Crippen LogP contribution in [0, 0.1) is 11.8 Å². The first-order valence-corrected chi connectivity index (χ1v) is 9.13. The molecule has 3 unspecified atom stereocenters. The molecule has 0 N–H and O–H groups in total. The van der Waals surface area contributed by atoms with Gasteiger partial charge in [0, 0.05) is 31.7 Å². The average molecular weight is 280 g/mol. The van der Waals surface area contributed by atoms with Crippen molar-refractivity contribution in [2.75, 3.05) is 26.2 Å². The third-order valence-corrected chi connectivity index (χ3v) is 5.64. The fourth-order valence-corrected chi connectivity index (χ4v) is 4.20. The minimum absolute atomic E-state index is 0.792. The van der Waals surface area contributed by atoms with Crippen molar-refractivity contribution in [3.63, 3.8) is 0 Å². The van der Waals surface area contributed by atoms with E-state index in [1.807, 2.05) is 0 Å². The van der Waals surface area contributed by atoms with Gasteiger partial charge in [-0.2, -0.15) is 0 Å². The zero-order valence-corrected chi connectivity index (χ0v) is 14.3. The summed E-state index contributed by atoms with van der Waals surface area (Å²) in [6, 6.07) is 1.66. The molecule has 2 nitrogen and oxygen atoms in total. The summed E-state index contributed by atoms with van der Waals surface area (Å²) in [6.07, 6.45) is 8.41. The van der Waals surface area contributed by atoms with E-state index in [4.69, 9.17) is 0 Å². The number of rotatable bonds is 7. The molecular formula is C18H36N2. The largest absolute Gasteiger partial charge is 0.298 e. The number of hydrogen-bond acceptors (Lipinski definition) is 2. The average Bonchev–Trinajstić information content (AvgIpc) is 2.89. The topological polar surface area (TPSA) is 6.48 Å². The highest BCUT2D eigenvalue weighted by molar-refractivity contribution is 4.93. The number of unbranched alkanes of at least 4 members (excludes halogenated alkanes) is 1. The van der Waals surface area contributed by atoms with Crippen LogP contribution < -0.4 is 0 Å². The number of piperazine rings is 1. The Morgan fingerprint density at radius 1 is 1.15 bits per heavy atom. The zero-order valence-electron chi connectivity index (χ0n) is 14.3. The van der Waals surface area contributed by atoms with Gasteiger partial charge in [0.2, 0.25) is 0 Å². The fourth-order valence-electron chi connectivity index (χ4n) is 4.20. The summed E-state index contributed by atoms with van der Waals surface area (Å²) in [5.74, 6) is 1.71. The molecule has 2 heteroatoms. The van der Waals surface area contributed by atoms with Crippen molar-refractivity contribution in [1.29, 1.82) is 0 Å². The van der Waals surface area contributed by atoms with Crippen LogP contribution in [0.5, 0.6) is 0 Å². The van der Waals surface area contributed by atoms with E-state index in [2.05, 4.69) is 37.5 Å². The van der Waals surface area contributed by atoms with Crippen molar-refractivity contribution in [2.24, 2.45) is 11.8 Å². The lowest BCUT2D eigenvalue weighted by Crippen LogP contribution is -2.58. The van der Waals surface area contributed by atoms with Gasteiger partial charge in [-0.1, -0.05) is 47.0 Å². The van der Waals surface area contributed by atoms with Crippen LogP contribution in [-0.2, 0) is 0 Å². The Bertz CT molecular complexity index is 277. The van der Waals surface area contributed by atoms with E-state index >= 15 is 0 Å². The lowest BCUT2D eigenvalue weighted by molar-refractivity contribution is 0.0178. The van der Waals surface area contributed by atoms with E-state index in [0.29, 0.717) is 0 Å². The highest BCUT2D eigenvalue weighted by Gasteiger charge is 2.37. The van der Waals surface area contributed by atoms with Crippen LogP contribution in [0.15, 0.2) is 0 Å². The van der Waals surface area contributed by atoms with Gasteiger partial charge in [0.15, 0.2) is 0 Å². The molecule has 0 aromatic rings. The minimum Gasteiger partial charge on any atom is -0.298 e. The molecule has 0 saturated carbocycles. The maximum atomic E-state index is 2.86. The second-order valence-electron chi connectivity index (χ2n) is 7.47. The first-order chi connectivity index (χ1) is 9.65. The van der Waals surface area contributed by atoms with E-state index in [1.165, 1.54) is 64.7 Å². The van der Waals surface area contributed by atoms with Crippen molar-refractivity contribution >= 4 is 0 Å². The van der Waals surface area contributed by atoms with Crippen LogP contribution >= 0.6 is 0 Å². The van der Waals surface area contributed by atoms with Gasteiger partial charge < -0.3 is 0 Å². The van der Waals surface area contributed by atoms with Crippen LogP contribution in [0.25, 0.3) is 0 Å². The molecular weight excluding hydrogens is 244 g/mol. The molecule has 2 heterocycles. The Kier molecular flexibility index (Phi) is 6.35. The van der Waals surface area contributed by atoms with Gasteiger partial charge in [-0.3, -0.25) is 9.80 Å². The predicted molar refractivity (Wildman–Crippen MR) is 88.1 cm³/mol. The third kappa shape index (κ3) is 3.98. The molecule has 2 fully saturated rings. The van der Waals surface area contributed by atoms with Crippen LogP contribution in [0.4, 0.5) is 0 Å². The SMILES string of the molecule is CCCCC(CC)CN1CC2CCCN2CC1C(C)C. The molecule has 0 spiro atoms. The maximum absolute atomic E-state index is 2.86. The van der Waals surface area contributed by atoms with Crippen molar-refractivity contribution in [2.45, 2.75) is 78.3 Å². The standard InChI is InChI=1S/C18H36N2/c1-5-7-9-16(6-2)12-20-13-17-10-8-11-19(17)14-18(20)15(3)4/h15-18H,5-14H2,1-4H3. The van der Waals surface area contributed by atoms with E-state index in [1.54, 1.807) is 0 Å². The summed E-state index contributed by atoms with van der Waals surface area (Å²) in [5, 5.41) is 0. The van der Waals surface area contributed by atoms with Gasteiger partial charge in [-0.25, -0.2) is 0 Å². The monoisotopic (exact) mass is 280 g/mol. The Labute approximate surface area is 126 Å². The quantitative estimate of drug-likeness (QED) is 0.695. The third-order valence-electron chi connectivity index (χ3n) is 5.64. The molecule has 2 aliphatic rings. The van der Waals surface area contributed by atoms with Crippen molar-refractivity contribution < 1.29 is 0 Å². The molecule has 118 valence electrons. The van der Waals surface area contributed by atoms with Crippen molar-refractivity contribution in [3.05, 3.63) is 0 Å². The van der Waals surface area contributed by atoms with Crippen LogP contribution in [0.1, 0.15) is 66.2 Å². The summed E-state index contributed by atoms with van der Waals surface area (Å²) in [7, 11) is 0. The predicted octanol–water partition coefficient (Wildman–Crippen LogP) is 4.01. The summed E-state index contributed by atoms with van der Waals surface area (Å²) in [5.41, 5.74) is 0. The summed E-state index contributed by atoms with van der Waals surface area (Å²) in [6.45, 7) is 14.9. The maximum Gasteiger partial charge on any atom is 0.0247 e. The summed E-state index contributed by atoms with van der Waals surface area (Å²) in [4.78, 5) is 5.63. The van der Waals surface area contributed by atoms with E-state index in [9.17, 15) is 0 Å². The first-order valence-electron chi connectivity index (χ1n) is 9.13. The molecule has 0 aromatic carbocycles.